The van der Waals surface area contributed by atoms with Gasteiger partial charge in [0.25, 0.3) is 5.91 Å². The van der Waals surface area contributed by atoms with Crippen LogP contribution in [-0.2, 0) is 20.5 Å². The molecule has 32 heavy (non-hydrogen) atoms. The predicted molar refractivity (Wildman–Crippen MR) is 120 cm³/mol. The zero-order valence-corrected chi connectivity index (χ0v) is 18.8. The second-order valence-corrected chi connectivity index (χ2v) is 10.4. The fourth-order valence-electron chi connectivity index (χ4n) is 3.34. The molecule has 0 radical (unpaired) electrons. The highest BCUT2D eigenvalue weighted by Crippen LogP contribution is 2.45. The summed E-state index contributed by atoms with van der Waals surface area (Å²) in [6.07, 6.45) is 5.39. The molecule has 168 valence electrons. The van der Waals surface area contributed by atoms with Gasteiger partial charge in [0.05, 0.1) is 24.1 Å². The molecule has 0 unspecified atom stereocenters. The van der Waals surface area contributed by atoms with Gasteiger partial charge in [-0.1, -0.05) is 18.2 Å². The summed E-state index contributed by atoms with van der Waals surface area (Å²) in [6.45, 7) is -0.308. The molecule has 2 aromatic heterocycles. The van der Waals surface area contributed by atoms with Crippen molar-refractivity contribution in [1.82, 2.24) is 14.3 Å². The molecule has 2 N–H and O–H groups in total. The fraction of sp³-hybridized carbons (Fsp3) is 0.286. The van der Waals surface area contributed by atoms with E-state index in [1.54, 1.807) is 23.6 Å². The Balaban J connectivity index is 1.35. The van der Waals surface area contributed by atoms with Crippen LogP contribution < -0.4 is 10.6 Å². The van der Waals surface area contributed by atoms with Gasteiger partial charge < -0.3 is 10.6 Å². The largest absolute Gasteiger partial charge is 0.343 e. The molecule has 8 nitrogen and oxygen atoms in total. The standard InChI is InChI=1S/C21H21FN4O4S2/c1-32(29,30)26-9-6-15(12-26)19(28)23-11-18(27)25-20-24-17(13-31-20)14-4-2-5-16(10-14)21(22)7-3-8-21/h2,4-6,9-10,12-13H,3,7-8,11H2,1H3,(H,23,28)(H,24,25,27). The smallest absolute Gasteiger partial charge is 0.253 e. The van der Waals surface area contributed by atoms with Gasteiger partial charge in [-0.2, -0.15) is 0 Å². The SMILES string of the molecule is CS(=O)(=O)n1ccc(C(=O)NCC(=O)Nc2nc(-c3cccc(C4(F)CCC4)c3)cs2)c1. The Hall–Kier alpha value is -3.05. The van der Waals surface area contributed by atoms with Crippen molar-refractivity contribution in [2.45, 2.75) is 24.9 Å². The van der Waals surface area contributed by atoms with Crippen molar-refractivity contribution in [2.24, 2.45) is 0 Å². The van der Waals surface area contributed by atoms with Crippen molar-refractivity contribution in [2.75, 3.05) is 18.1 Å². The van der Waals surface area contributed by atoms with Crippen LogP contribution in [-0.4, -0.2) is 42.0 Å². The van der Waals surface area contributed by atoms with E-state index in [4.69, 9.17) is 0 Å². The zero-order chi connectivity index (χ0) is 22.9. The number of hydrogen-bond donors (Lipinski definition) is 2. The summed E-state index contributed by atoms with van der Waals surface area (Å²) >= 11 is 1.22. The molecule has 0 aliphatic heterocycles. The van der Waals surface area contributed by atoms with Gasteiger partial charge in [-0.15, -0.1) is 11.3 Å². The van der Waals surface area contributed by atoms with Crippen molar-refractivity contribution in [1.29, 1.82) is 0 Å². The Kier molecular flexibility index (Phi) is 5.87. The Labute approximate surface area is 188 Å². The first kappa shape index (κ1) is 22.2. The summed E-state index contributed by atoms with van der Waals surface area (Å²) in [7, 11) is -3.49. The summed E-state index contributed by atoms with van der Waals surface area (Å²) in [4.78, 5) is 28.7. The maximum Gasteiger partial charge on any atom is 0.253 e. The number of benzene rings is 1. The second kappa shape index (κ2) is 8.47. The predicted octanol–water partition coefficient (Wildman–Crippen LogP) is 3.14. The molecule has 0 saturated heterocycles. The highest BCUT2D eigenvalue weighted by atomic mass is 32.2. The van der Waals surface area contributed by atoms with Crippen LogP contribution in [0.1, 0.15) is 35.2 Å². The van der Waals surface area contributed by atoms with Crippen LogP contribution >= 0.6 is 11.3 Å². The van der Waals surface area contributed by atoms with E-state index >= 15 is 0 Å². The summed E-state index contributed by atoms with van der Waals surface area (Å²) in [5.74, 6) is -1.05. The lowest BCUT2D eigenvalue weighted by Crippen LogP contribution is -2.32. The van der Waals surface area contributed by atoms with Crippen LogP contribution in [0.5, 0.6) is 0 Å². The number of aromatic nitrogens is 2. The summed E-state index contributed by atoms with van der Waals surface area (Å²) in [5, 5.41) is 7.17. The molecular weight excluding hydrogens is 455 g/mol. The molecule has 0 bridgehead atoms. The van der Waals surface area contributed by atoms with E-state index in [2.05, 4.69) is 15.6 Å². The third-order valence-electron chi connectivity index (χ3n) is 5.29. The van der Waals surface area contributed by atoms with Gasteiger partial charge in [0.2, 0.25) is 15.9 Å². The number of carbonyl (C=O) groups is 2. The normalized spacial score (nSPS) is 15.1. The van der Waals surface area contributed by atoms with Crippen LogP contribution in [0.25, 0.3) is 11.3 Å². The van der Waals surface area contributed by atoms with Crippen LogP contribution in [0.3, 0.4) is 0 Å². The van der Waals surface area contributed by atoms with Gasteiger partial charge in [0, 0.05) is 23.3 Å². The van der Waals surface area contributed by atoms with Crippen LogP contribution in [0, 0.1) is 0 Å². The van der Waals surface area contributed by atoms with Crippen molar-refractivity contribution < 1.29 is 22.4 Å². The number of nitrogens with zero attached hydrogens (tertiary/aromatic N) is 2. The van der Waals surface area contributed by atoms with E-state index in [-0.39, 0.29) is 12.1 Å². The summed E-state index contributed by atoms with van der Waals surface area (Å²) < 4.78 is 38.6. The number of thiazole rings is 1. The van der Waals surface area contributed by atoms with Crippen LogP contribution in [0.4, 0.5) is 9.52 Å². The topological polar surface area (TPSA) is 110 Å². The first-order chi connectivity index (χ1) is 15.1. The Morgan fingerprint density at radius 3 is 2.72 bits per heavy atom. The lowest BCUT2D eigenvalue weighted by molar-refractivity contribution is -0.115. The van der Waals surface area contributed by atoms with Gasteiger partial charge in [-0.05, 0) is 37.0 Å². The molecule has 1 aliphatic carbocycles. The highest BCUT2D eigenvalue weighted by molar-refractivity contribution is 7.89. The number of amides is 2. The molecule has 2 amide bonds. The number of halogens is 1. The average molecular weight is 477 g/mol. The Bertz CT molecular complexity index is 1280. The molecule has 1 aliphatic rings. The zero-order valence-electron chi connectivity index (χ0n) is 17.2. The lowest BCUT2D eigenvalue weighted by atomic mass is 9.76. The number of rotatable bonds is 7. The first-order valence-corrected chi connectivity index (χ1v) is 12.6. The van der Waals surface area contributed by atoms with E-state index in [0.717, 1.165) is 22.2 Å². The minimum absolute atomic E-state index is 0.122. The monoisotopic (exact) mass is 476 g/mol. The van der Waals surface area contributed by atoms with Crippen molar-refractivity contribution in [3.05, 3.63) is 59.2 Å². The van der Waals surface area contributed by atoms with Crippen LogP contribution in [0.15, 0.2) is 48.1 Å². The van der Waals surface area contributed by atoms with Crippen molar-refractivity contribution in [3.8, 4) is 11.3 Å². The van der Waals surface area contributed by atoms with E-state index in [0.29, 0.717) is 29.2 Å². The van der Waals surface area contributed by atoms with Crippen molar-refractivity contribution >= 4 is 38.3 Å². The summed E-state index contributed by atoms with van der Waals surface area (Å²) in [5.41, 5.74) is 0.904. The molecule has 1 aromatic carbocycles. The number of nitrogens with one attached hydrogen (secondary N) is 2. The van der Waals surface area contributed by atoms with E-state index in [1.807, 2.05) is 6.07 Å². The highest BCUT2D eigenvalue weighted by Gasteiger charge is 2.38. The molecule has 0 atom stereocenters. The number of alkyl halides is 1. The molecule has 11 heteroatoms. The Morgan fingerprint density at radius 1 is 1.28 bits per heavy atom. The maximum absolute atomic E-state index is 14.7. The number of anilines is 1. The quantitative estimate of drug-likeness (QED) is 0.544. The number of hydrogen-bond acceptors (Lipinski definition) is 6. The van der Waals surface area contributed by atoms with E-state index in [9.17, 15) is 22.4 Å². The third kappa shape index (κ3) is 4.73. The minimum Gasteiger partial charge on any atom is -0.343 e. The Morgan fingerprint density at radius 2 is 2.06 bits per heavy atom. The third-order valence-corrected chi connectivity index (χ3v) is 7.05. The lowest BCUT2D eigenvalue weighted by Gasteiger charge is -2.34. The fourth-order valence-corrected chi connectivity index (χ4v) is 4.66. The van der Waals surface area contributed by atoms with Gasteiger partial charge in [0.15, 0.2) is 5.13 Å². The molecule has 0 spiro atoms. The molecule has 3 aromatic rings. The molecule has 1 saturated carbocycles. The van der Waals surface area contributed by atoms with E-state index in [1.165, 1.54) is 29.8 Å². The van der Waals surface area contributed by atoms with Gasteiger partial charge in [-0.3, -0.25) is 13.6 Å². The average Bonchev–Trinajstić information content (AvgIpc) is 3.40. The van der Waals surface area contributed by atoms with Gasteiger partial charge in [-0.25, -0.2) is 17.8 Å². The number of carbonyl (C=O) groups excluding carboxylic acids is 2. The molecule has 4 rings (SSSR count). The van der Waals surface area contributed by atoms with Crippen LogP contribution in [0.2, 0.25) is 0 Å². The molecule has 2 heterocycles. The maximum atomic E-state index is 14.7. The molecule has 1 fully saturated rings. The van der Waals surface area contributed by atoms with Gasteiger partial charge >= 0.3 is 0 Å². The molecular formula is C21H21FN4O4S2. The van der Waals surface area contributed by atoms with Crippen molar-refractivity contribution in [3.63, 3.8) is 0 Å². The first-order valence-electron chi connectivity index (χ1n) is 9.86. The van der Waals surface area contributed by atoms with Gasteiger partial charge in [0.1, 0.15) is 5.67 Å². The summed E-state index contributed by atoms with van der Waals surface area (Å²) in [6, 6.07) is 8.57. The minimum atomic E-state index is -3.49. The van der Waals surface area contributed by atoms with E-state index < -0.39 is 27.5 Å². The second-order valence-electron chi connectivity index (χ2n) is 7.66.